The highest BCUT2D eigenvalue weighted by Crippen LogP contribution is 2.20. The van der Waals surface area contributed by atoms with E-state index >= 15 is 0 Å². The van der Waals surface area contributed by atoms with Crippen molar-refractivity contribution in [2.75, 3.05) is 24.5 Å². The van der Waals surface area contributed by atoms with Crippen LogP contribution in [0.2, 0.25) is 5.15 Å². The first kappa shape index (κ1) is 12.7. The third-order valence-corrected chi connectivity index (χ3v) is 2.94. The highest BCUT2D eigenvalue weighted by atomic mass is 35.5. The lowest BCUT2D eigenvalue weighted by molar-refractivity contribution is 0.194. The third-order valence-electron chi connectivity index (χ3n) is 2.75. The maximum absolute atomic E-state index is 11.6. The minimum Gasteiger partial charge on any atom is -0.465 e. The number of amides is 1. The monoisotopic (exact) mass is 272 g/mol. The van der Waals surface area contributed by atoms with E-state index in [-0.39, 0.29) is 10.8 Å². The molecule has 0 fully saturated rings. The van der Waals surface area contributed by atoms with Gasteiger partial charge in [0.1, 0.15) is 11.0 Å². The fourth-order valence-electron chi connectivity index (χ4n) is 2.00. The van der Waals surface area contributed by atoms with Crippen molar-refractivity contribution < 1.29 is 9.90 Å². The summed E-state index contributed by atoms with van der Waals surface area (Å²) in [5.41, 5.74) is -0.367. The van der Waals surface area contributed by atoms with Gasteiger partial charge in [0.2, 0.25) is 0 Å². The van der Waals surface area contributed by atoms with Gasteiger partial charge in [-0.2, -0.15) is 4.98 Å². The topological polar surface area (TPSA) is 87.5 Å². The van der Waals surface area contributed by atoms with E-state index in [2.05, 4.69) is 10.3 Å². The molecule has 1 amide bonds. The maximum atomic E-state index is 11.6. The number of hydrogen-bond acceptors (Lipinski definition) is 4. The molecular weight excluding hydrogens is 260 g/mol. The van der Waals surface area contributed by atoms with Crippen LogP contribution in [0.5, 0.6) is 0 Å². The largest absolute Gasteiger partial charge is 0.465 e. The molecule has 0 saturated heterocycles. The van der Waals surface area contributed by atoms with Gasteiger partial charge in [-0.15, -0.1) is 0 Å². The van der Waals surface area contributed by atoms with Gasteiger partial charge in [0.05, 0.1) is 0 Å². The Balaban J connectivity index is 2.17. The molecule has 0 atom stereocenters. The van der Waals surface area contributed by atoms with Crippen LogP contribution in [-0.4, -0.2) is 40.4 Å². The van der Waals surface area contributed by atoms with Crippen molar-refractivity contribution in [2.45, 2.75) is 13.0 Å². The zero-order valence-electron chi connectivity index (χ0n) is 9.60. The lowest BCUT2D eigenvalue weighted by atomic mass is 10.3. The number of nitrogens with one attached hydrogen (secondary N) is 1. The van der Waals surface area contributed by atoms with Gasteiger partial charge < -0.3 is 15.3 Å². The van der Waals surface area contributed by atoms with Crippen molar-refractivity contribution in [3.8, 4) is 0 Å². The van der Waals surface area contributed by atoms with Crippen LogP contribution in [0.1, 0.15) is 6.42 Å². The fourth-order valence-corrected chi connectivity index (χ4v) is 2.17. The normalized spacial score (nSPS) is 14.2. The zero-order chi connectivity index (χ0) is 13.1. The third kappa shape index (κ3) is 2.73. The lowest BCUT2D eigenvalue weighted by Gasteiger charge is -2.31. The Morgan fingerprint density at radius 3 is 3.06 bits per heavy atom. The molecule has 2 rings (SSSR count). The van der Waals surface area contributed by atoms with Crippen molar-refractivity contribution in [1.82, 2.24) is 14.9 Å². The number of fused-ring (bicyclic) bond motifs is 1. The van der Waals surface area contributed by atoms with Gasteiger partial charge in [-0.05, 0) is 6.42 Å². The summed E-state index contributed by atoms with van der Waals surface area (Å²) < 4.78 is 1.55. The Labute approximate surface area is 108 Å². The first-order valence-corrected chi connectivity index (χ1v) is 5.95. The quantitative estimate of drug-likeness (QED) is 0.777. The van der Waals surface area contributed by atoms with Crippen molar-refractivity contribution in [2.24, 2.45) is 0 Å². The van der Waals surface area contributed by atoms with Crippen molar-refractivity contribution in [3.63, 3.8) is 0 Å². The summed E-state index contributed by atoms with van der Waals surface area (Å²) in [6.45, 7) is 2.16. The SMILES string of the molecule is O=C(O)NCCN1CCCn2c1cc(Cl)nc2=O. The molecule has 0 radical (unpaired) electrons. The van der Waals surface area contributed by atoms with E-state index in [9.17, 15) is 9.59 Å². The van der Waals surface area contributed by atoms with E-state index in [1.165, 1.54) is 0 Å². The molecule has 0 saturated carbocycles. The number of rotatable bonds is 3. The Bertz CT molecular complexity index is 516. The van der Waals surface area contributed by atoms with Gasteiger partial charge in [0.15, 0.2) is 0 Å². The number of hydrogen-bond donors (Lipinski definition) is 2. The van der Waals surface area contributed by atoms with Gasteiger partial charge in [-0.25, -0.2) is 9.59 Å². The van der Waals surface area contributed by atoms with E-state index in [0.717, 1.165) is 13.0 Å². The van der Waals surface area contributed by atoms with Crippen LogP contribution in [0.3, 0.4) is 0 Å². The molecule has 0 aliphatic carbocycles. The molecular formula is C10H13ClN4O3. The molecule has 0 spiro atoms. The minimum absolute atomic E-state index is 0.157. The second-order valence-electron chi connectivity index (χ2n) is 3.94. The van der Waals surface area contributed by atoms with Gasteiger partial charge in [-0.3, -0.25) is 4.57 Å². The first-order valence-electron chi connectivity index (χ1n) is 5.57. The Kier molecular flexibility index (Phi) is 3.71. The smallest absolute Gasteiger partial charge is 0.404 e. The Hall–Kier alpha value is -1.76. The predicted octanol–water partition coefficient (Wildman–Crippen LogP) is 0.374. The number of nitrogens with zero attached hydrogens (tertiary/aromatic N) is 3. The second-order valence-corrected chi connectivity index (χ2v) is 4.33. The van der Waals surface area contributed by atoms with Crippen LogP contribution in [0, 0.1) is 0 Å². The summed E-state index contributed by atoms with van der Waals surface area (Å²) in [5.74, 6) is 0.693. The Morgan fingerprint density at radius 2 is 2.33 bits per heavy atom. The maximum Gasteiger partial charge on any atom is 0.404 e. The number of halogens is 1. The number of carboxylic acid groups (broad SMARTS) is 1. The summed E-state index contributed by atoms with van der Waals surface area (Å²) >= 11 is 5.77. The van der Waals surface area contributed by atoms with Gasteiger partial charge in [-0.1, -0.05) is 11.6 Å². The van der Waals surface area contributed by atoms with Crippen LogP contribution in [0.4, 0.5) is 10.6 Å². The van der Waals surface area contributed by atoms with Crippen molar-refractivity contribution >= 4 is 23.5 Å². The molecule has 7 nitrogen and oxygen atoms in total. The van der Waals surface area contributed by atoms with E-state index < -0.39 is 6.09 Å². The van der Waals surface area contributed by atoms with Crippen LogP contribution in [0.25, 0.3) is 0 Å². The molecule has 1 aromatic rings. The molecule has 1 aliphatic rings. The average molecular weight is 273 g/mol. The summed E-state index contributed by atoms with van der Waals surface area (Å²) in [6.07, 6.45) is -0.235. The number of aromatic nitrogens is 2. The molecule has 1 aliphatic heterocycles. The molecule has 0 unspecified atom stereocenters. The van der Waals surface area contributed by atoms with Gasteiger partial charge in [0, 0.05) is 32.2 Å². The summed E-state index contributed by atoms with van der Waals surface area (Å²) in [5, 5.41) is 11.0. The fraction of sp³-hybridized carbons (Fsp3) is 0.500. The summed E-state index contributed by atoms with van der Waals surface area (Å²) in [6, 6.07) is 1.63. The molecule has 8 heteroatoms. The van der Waals surface area contributed by atoms with E-state index in [1.54, 1.807) is 10.6 Å². The minimum atomic E-state index is -1.06. The van der Waals surface area contributed by atoms with Gasteiger partial charge in [0.25, 0.3) is 0 Å². The molecule has 2 heterocycles. The van der Waals surface area contributed by atoms with Crippen LogP contribution in [-0.2, 0) is 6.54 Å². The van der Waals surface area contributed by atoms with Crippen LogP contribution < -0.4 is 15.9 Å². The standard InChI is InChI=1S/C10H13ClN4O3/c11-7-6-8-14(5-2-12-10(17)18)3-1-4-15(8)9(16)13-7/h6,12H,1-5H2,(H,17,18). The molecule has 18 heavy (non-hydrogen) atoms. The highest BCUT2D eigenvalue weighted by molar-refractivity contribution is 6.29. The zero-order valence-corrected chi connectivity index (χ0v) is 10.4. The molecule has 0 aromatic carbocycles. The molecule has 0 bridgehead atoms. The summed E-state index contributed by atoms with van der Waals surface area (Å²) in [4.78, 5) is 27.6. The summed E-state index contributed by atoms with van der Waals surface area (Å²) in [7, 11) is 0. The number of carbonyl (C=O) groups is 1. The molecule has 2 N–H and O–H groups in total. The lowest BCUT2D eigenvalue weighted by Crippen LogP contribution is -2.42. The van der Waals surface area contributed by atoms with Crippen molar-refractivity contribution in [1.29, 1.82) is 0 Å². The van der Waals surface area contributed by atoms with Crippen LogP contribution >= 0.6 is 11.6 Å². The van der Waals surface area contributed by atoms with E-state index in [0.29, 0.717) is 25.5 Å². The van der Waals surface area contributed by atoms with Gasteiger partial charge >= 0.3 is 11.8 Å². The molecule has 1 aromatic heterocycles. The second kappa shape index (κ2) is 5.26. The van der Waals surface area contributed by atoms with E-state index in [1.807, 2.05) is 4.90 Å². The average Bonchev–Trinajstić information content (AvgIpc) is 2.29. The van der Waals surface area contributed by atoms with Crippen molar-refractivity contribution in [3.05, 3.63) is 21.7 Å². The highest BCUT2D eigenvalue weighted by Gasteiger charge is 2.18. The van der Waals surface area contributed by atoms with Crippen LogP contribution in [0.15, 0.2) is 10.9 Å². The first-order chi connectivity index (χ1) is 8.58. The molecule has 98 valence electrons. The number of anilines is 1. The van der Waals surface area contributed by atoms with E-state index in [4.69, 9.17) is 16.7 Å². The predicted molar refractivity (Wildman–Crippen MR) is 66.4 cm³/mol. The Morgan fingerprint density at radius 1 is 1.56 bits per heavy atom.